The third-order valence-corrected chi connectivity index (χ3v) is 5.53. The number of nitrogens with one attached hydrogen (secondary N) is 2. The fourth-order valence-corrected chi connectivity index (χ4v) is 3.59. The molecule has 0 atom stereocenters. The highest BCUT2D eigenvalue weighted by Crippen LogP contribution is 2.18. The van der Waals surface area contributed by atoms with Gasteiger partial charge in [-0.2, -0.15) is 0 Å². The minimum Gasteiger partial charge on any atom is -0.459 e. The van der Waals surface area contributed by atoms with Gasteiger partial charge in [0.2, 0.25) is 5.91 Å². The molecule has 0 radical (unpaired) electrons. The van der Waals surface area contributed by atoms with Crippen molar-refractivity contribution in [2.45, 2.75) is 31.7 Å². The van der Waals surface area contributed by atoms with Gasteiger partial charge in [0, 0.05) is 12.7 Å². The zero-order valence-corrected chi connectivity index (χ0v) is 19.7. The molecule has 0 unspecified atom stereocenters. The number of carbonyl (C=O) groups is 3. The van der Waals surface area contributed by atoms with Gasteiger partial charge in [0.1, 0.15) is 5.82 Å². The topological polar surface area (TPSA) is 115 Å². The second-order valence-corrected chi connectivity index (χ2v) is 8.43. The number of halogens is 1. The van der Waals surface area contributed by atoms with E-state index in [1.165, 1.54) is 18.2 Å². The Kier molecular flexibility index (Phi) is 8.36. The third-order valence-electron chi connectivity index (χ3n) is 4.51. The van der Waals surface area contributed by atoms with Gasteiger partial charge in [0.25, 0.3) is 5.91 Å². The molecule has 0 aliphatic heterocycles. The molecule has 0 saturated carbocycles. The van der Waals surface area contributed by atoms with Crippen molar-refractivity contribution in [2.24, 2.45) is 7.05 Å². The summed E-state index contributed by atoms with van der Waals surface area (Å²) in [5, 5.41) is 13.9. The molecule has 1 heterocycles. The Morgan fingerprint density at radius 3 is 2.62 bits per heavy atom. The number of ether oxygens (including phenoxy) is 1. The van der Waals surface area contributed by atoms with Crippen molar-refractivity contribution >= 4 is 35.2 Å². The minimum absolute atomic E-state index is 0.0443. The number of hydrogen-bond donors (Lipinski definition) is 2. The molecule has 0 bridgehead atoms. The van der Waals surface area contributed by atoms with Crippen LogP contribution in [-0.2, 0) is 23.1 Å². The van der Waals surface area contributed by atoms with Crippen molar-refractivity contribution in [3.8, 4) is 0 Å². The molecular weight excluding hydrogens is 461 g/mol. The predicted octanol–water partition coefficient (Wildman–Crippen LogP) is 3.18. The van der Waals surface area contributed by atoms with E-state index in [0.717, 1.165) is 11.8 Å². The van der Waals surface area contributed by atoms with Crippen LogP contribution >= 0.6 is 11.8 Å². The van der Waals surface area contributed by atoms with E-state index in [-0.39, 0.29) is 29.9 Å². The fourth-order valence-electron chi connectivity index (χ4n) is 2.86. The smallest absolute Gasteiger partial charge is 0.338 e. The summed E-state index contributed by atoms with van der Waals surface area (Å²) in [6.45, 7) is 3.56. The van der Waals surface area contributed by atoms with Gasteiger partial charge in [-0.15, -0.1) is 10.2 Å². The van der Waals surface area contributed by atoms with Crippen molar-refractivity contribution in [3.63, 3.8) is 0 Å². The molecule has 34 heavy (non-hydrogen) atoms. The van der Waals surface area contributed by atoms with Gasteiger partial charge in [-0.1, -0.05) is 30.0 Å². The van der Waals surface area contributed by atoms with Gasteiger partial charge < -0.3 is 19.9 Å². The van der Waals surface area contributed by atoms with Crippen LogP contribution in [0.3, 0.4) is 0 Å². The van der Waals surface area contributed by atoms with E-state index in [1.54, 1.807) is 55.8 Å². The molecule has 3 aromatic rings. The summed E-state index contributed by atoms with van der Waals surface area (Å²) < 4.78 is 20.5. The largest absolute Gasteiger partial charge is 0.459 e. The van der Waals surface area contributed by atoms with Crippen molar-refractivity contribution in [1.29, 1.82) is 0 Å². The molecule has 0 spiro atoms. The minimum atomic E-state index is -0.609. The van der Waals surface area contributed by atoms with Crippen molar-refractivity contribution in [3.05, 3.63) is 71.3 Å². The van der Waals surface area contributed by atoms with Gasteiger partial charge >= 0.3 is 5.97 Å². The number of rotatable bonds is 9. The lowest BCUT2D eigenvalue weighted by atomic mass is 10.2. The van der Waals surface area contributed by atoms with E-state index in [0.29, 0.717) is 22.2 Å². The summed E-state index contributed by atoms with van der Waals surface area (Å²) in [4.78, 5) is 36.6. The number of benzene rings is 2. The first-order valence-corrected chi connectivity index (χ1v) is 11.4. The van der Waals surface area contributed by atoms with Crippen LogP contribution in [0.25, 0.3) is 0 Å². The average molecular weight is 486 g/mol. The van der Waals surface area contributed by atoms with Gasteiger partial charge in [-0.25, -0.2) is 9.18 Å². The first-order valence-electron chi connectivity index (χ1n) is 10.4. The number of aromatic nitrogens is 3. The Hall–Kier alpha value is -3.73. The van der Waals surface area contributed by atoms with Crippen LogP contribution in [-0.4, -0.2) is 44.4 Å². The molecule has 0 saturated heterocycles. The van der Waals surface area contributed by atoms with Gasteiger partial charge in [-0.3, -0.25) is 9.59 Å². The van der Waals surface area contributed by atoms with Crippen LogP contribution in [0, 0.1) is 5.82 Å². The summed E-state index contributed by atoms with van der Waals surface area (Å²) in [6.07, 6.45) is -0.244. The number of amides is 2. The maximum absolute atomic E-state index is 13.7. The van der Waals surface area contributed by atoms with Crippen LogP contribution in [0.15, 0.2) is 53.7 Å². The third kappa shape index (κ3) is 6.64. The fraction of sp³-hybridized carbons (Fsp3) is 0.261. The number of esters is 1. The molecule has 2 aromatic carbocycles. The first kappa shape index (κ1) is 24.9. The van der Waals surface area contributed by atoms with Crippen molar-refractivity contribution < 1.29 is 23.5 Å². The zero-order chi connectivity index (χ0) is 24.7. The van der Waals surface area contributed by atoms with Gasteiger partial charge in [0.15, 0.2) is 11.0 Å². The molecule has 0 aliphatic rings. The normalized spacial score (nSPS) is 10.7. The monoisotopic (exact) mass is 485 g/mol. The molecule has 178 valence electrons. The second-order valence-electron chi connectivity index (χ2n) is 7.49. The maximum Gasteiger partial charge on any atom is 0.338 e. The van der Waals surface area contributed by atoms with E-state index < -0.39 is 17.7 Å². The number of hydrogen-bond acceptors (Lipinski definition) is 7. The Morgan fingerprint density at radius 1 is 1.12 bits per heavy atom. The summed E-state index contributed by atoms with van der Waals surface area (Å²) in [5.74, 6) is -1.43. The Balaban J connectivity index is 1.52. The lowest BCUT2D eigenvalue weighted by molar-refractivity contribution is -0.113. The van der Waals surface area contributed by atoms with Crippen LogP contribution in [0.2, 0.25) is 0 Å². The van der Waals surface area contributed by atoms with Gasteiger partial charge in [0.05, 0.1) is 29.5 Å². The van der Waals surface area contributed by atoms with Crippen LogP contribution in [0.4, 0.5) is 10.1 Å². The lowest BCUT2D eigenvalue weighted by Crippen LogP contribution is -2.25. The number of carbonyl (C=O) groups excluding carboxylic acids is 3. The van der Waals surface area contributed by atoms with Crippen molar-refractivity contribution in [2.75, 3.05) is 11.1 Å². The van der Waals surface area contributed by atoms with Crippen LogP contribution in [0.1, 0.15) is 40.4 Å². The van der Waals surface area contributed by atoms with E-state index in [1.807, 2.05) is 0 Å². The van der Waals surface area contributed by atoms with Crippen LogP contribution in [0.5, 0.6) is 0 Å². The van der Waals surface area contributed by atoms with Gasteiger partial charge in [-0.05, 0) is 44.2 Å². The average Bonchev–Trinajstić information content (AvgIpc) is 3.15. The summed E-state index contributed by atoms with van der Waals surface area (Å²) >= 11 is 1.16. The van der Waals surface area contributed by atoms with E-state index in [2.05, 4.69) is 20.8 Å². The summed E-state index contributed by atoms with van der Waals surface area (Å²) in [5.41, 5.74) is 0.755. The molecular formula is C23H24FN5O4S. The Labute approximate surface area is 200 Å². The highest BCUT2D eigenvalue weighted by atomic mass is 32.2. The maximum atomic E-state index is 13.7. The lowest BCUT2D eigenvalue weighted by Gasteiger charge is -2.10. The molecule has 3 rings (SSSR count). The van der Waals surface area contributed by atoms with Crippen LogP contribution < -0.4 is 10.6 Å². The number of nitrogens with zero attached hydrogens (tertiary/aromatic N) is 3. The highest BCUT2D eigenvalue weighted by Gasteiger charge is 2.15. The molecule has 11 heteroatoms. The summed E-state index contributed by atoms with van der Waals surface area (Å²) in [6, 6.07) is 12.2. The summed E-state index contributed by atoms with van der Waals surface area (Å²) in [7, 11) is 1.70. The van der Waals surface area contributed by atoms with E-state index in [9.17, 15) is 18.8 Å². The number of anilines is 1. The molecule has 0 aliphatic carbocycles. The SMILES string of the molecule is CC(C)OC(=O)c1cccc(NC(=O)CSc2nnc(CNC(=O)c3ccccc3F)n2C)c1. The quantitative estimate of drug-likeness (QED) is 0.353. The number of thioether (sulfide) groups is 1. The Bertz CT molecular complexity index is 1200. The van der Waals surface area contributed by atoms with E-state index in [4.69, 9.17) is 4.74 Å². The standard InChI is InChI=1S/C23H24FN5O4S/c1-14(2)33-22(32)15-7-6-8-16(11-15)26-20(30)13-34-23-28-27-19(29(23)3)12-25-21(31)17-9-4-5-10-18(17)24/h4-11,14H,12-13H2,1-3H3,(H,25,31)(H,26,30). The zero-order valence-electron chi connectivity index (χ0n) is 18.9. The molecule has 0 fully saturated rings. The Morgan fingerprint density at radius 2 is 1.88 bits per heavy atom. The predicted molar refractivity (Wildman–Crippen MR) is 125 cm³/mol. The molecule has 1 aromatic heterocycles. The molecule has 2 amide bonds. The second kappa shape index (κ2) is 11.4. The first-order chi connectivity index (χ1) is 16.2. The highest BCUT2D eigenvalue weighted by molar-refractivity contribution is 7.99. The van der Waals surface area contributed by atoms with Crippen molar-refractivity contribution in [1.82, 2.24) is 20.1 Å². The molecule has 2 N–H and O–H groups in total. The van der Waals surface area contributed by atoms with E-state index >= 15 is 0 Å². The molecule has 9 nitrogen and oxygen atoms in total.